The summed E-state index contributed by atoms with van der Waals surface area (Å²) in [5.41, 5.74) is 0. The zero-order valence-corrected chi connectivity index (χ0v) is 11.0. The molecule has 0 unspecified atom stereocenters. The summed E-state index contributed by atoms with van der Waals surface area (Å²) in [6, 6.07) is 0. The fourth-order valence-electron chi connectivity index (χ4n) is 1.21. The molecule has 0 aliphatic heterocycles. The standard InChI is InChI=1S/2C3H5.BrH.Tl/c2*1-2-3-1;;/h2*1H,2-3H2;1H;/q;;;+1/p-1. The van der Waals surface area contributed by atoms with Crippen LogP contribution in [0, 0.1) is 0 Å². The molecule has 2 heteroatoms. The topological polar surface area (TPSA) is 0 Å². The van der Waals surface area contributed by atoms with E-state index in [9.17, 15) is 0 Å². The van der Waals surface area contributed by atoms with Crippen molar-refractivity contribution in [3.05, 3.63) is 0 Å². The quantitative estimate of drug-likeness (QED) is 0.660. The van der Waals surface area contributed by atoms with Crippen LogP contribution in [0.15, 0.2) is 0 Å². The maximum atomic E-state index is 3.95. The van der Waals surface area contributed by atoms with E-state index in [1.54, 1.807) is 25.7 Å². The van der Waals surface area contributed by atoms with Crippen molar-refractivity contribution in [3.8, 4) is 0 Å². The second-order valence-corrected chi connectivity index (χ2v) is 23.2. The molecule has 0 spiro atoms. The van der Waals surface area contributed by atoms with E-state index in [0.717, 1.165) is 0 Å². The fraction of sp³-hybridized carbons (Fsp3) is 1.00. The van der Waals surface area contributed by atoms with Crippen molar-refractivity contribution < 1.29 is 0 Å². The van der Waals surface area contributed by atoms with Gasteiger partial charge in [0.25, 0.3) is 0 Å². The molecule has 0 aromatic carbocycles. The van der Waals surface area contributed by atoms with E-state index in [0.29, 0.717) is 0 Å². The van der Waals surface area contributed by atoms with Crippen LogP contribution in [0.4, 0.5) is 0 Å². The minimum atomic E-state index is -1.05. The third-order valence-corrected chi connectivity index (χ3v) is 27.5. The maximum absolute atomic E-state index is 3.95. The van der Waals surface area contributed by atoms with Crippen LogP contribution < -0.4 is 0 Å². The summed E-state index contributed by atoms with van der Waals surface area (Å²) < 4.78 is 2.59. The fourth-order valence-corrected chi connectivity index (χ4v) is 19.9. The van der Waals surface area contributed by atoms with Crippen molar-refractivity contribution in [1.82, 2.24) is 0 Å². The van der Waals surface area contributed by atoms with Gasteiger partial charge in [-0.05, 0) is 0 Å². The molecule has 8 heavy (non-hydrogen) atoms. The molecule has 0 bridgehead atoms. The Morgan fingerprint density at radius 2 is 1.38 bits per heavy atom. The van der Waals surface area contributed by atoms with E-state index >= 15 is 0 Å². The van der Waals surface area contributed by atoms with Gasteiger partial charge in [-0.3, -0.25) is 0 Å². The minimum absolute atomic E-state index is 1.05. The van der Waals surface area contributed by atoms with Crippen molar-refractivity contribution in [3.63, 3.8) is 0 Å². The number of rotatable bonds is 2. The van der Waals surface area contributed by atoms with Crippen molar-refractivity contribution in [2.45, 2.75) is 32.6 Å². The molecule has 0 amide bonds. The van der Waals surface area contributed by atoms with E-state index in [4.69, 9.17) is 0 Å². The van der Waals surface area contributed by atoms with Crippen LogP contribution in [-0.4, -0.2) is 20.3 Å². The molecular formula is C6H10BrTl. The summed E-state index contributed by atoms with van der Waals surface area (Å²) in [7, 11) is 0. The van der Waals surface area contributed by atoms with Crippen LogP contribution in [0.2, 0.25) is 6.95 Å². The first-order chi connectivity index (χ1) is 3.88. The number of hydrogen-bond acceptors (Lipinski definition) is 0. The molecule has 0 saturated heterocycles. The van der Waals surface area contributed by atoms with E-state index in [1.165, 1.54) is 6.95 Å². The molecule has 0 nitrogen and oxygen atoms in total. The van der Waals surface area contributed by atoms with Gasteiger partial charge in [-0.2, -0.15) is 0 Å². The zero-order valence-electron chi connectivity index (χ0n) is 4.94. The molecule has 0 radical (unpaired) electrons. The Bertz CT molecular complexity index is 84.7. The molecule has 44 valence electrons. The van der Waals surface area contributed by atoms with Gasteiger partial charge in [0.1, 0.15) is 0 Å². The Labute approximate surface area is 64.5 Å². The zero-order chi connectivity index (χ0) is 5.56. The predicted molar refractivity (Wildman–Crippen MR) is 40.6 cm³/mol. The second-order valence-electron chi connectivity index (χ2n) is 3.12. The van der Waals surface area contributed by atoms with E-state index in [2.05, 4.69) is 12.0 Å². The van der Waals surface area contributed by atoms with E-state index in [1.807, 2.05) is 0 Å². The second kappa shape index (κ2) is 2.22. The first kappa shape index (κ1) is 6.13. The first-order valence-electron chi connectivity index (χ1n) is 3.52. The Hall–Kier alpha value is 1.40. The molecule has 2 saturated carbocycles. The van der Waals surface area contributed by atoms with Crippen molar-refractivity contribution in [2.75, 3.05) is 0 Å². The van der Waals surface area contributed by atoms with Crippen molar-refractivity contribution >= 4 is 32.3 Å². The van der Waals surface area contributed by atoms with Gasteiger partial charge in [0, 0.05) is 0 Å². The molecule has 2 fully saturated rings. The van der Waals surface area contributed by atoms with Gasteiger partial charge < -0.3 is 0 Å². The average molecular weight is 366 g/mol. The van der Waals surface area contributed by atoms with Crippen LogP contribution in [0.25, 0.3) is 0 Å². The van der Waals surface area contributed by atoms with Crippen LogP contribution in [0.3, 0.4) is 0 Å². The van der Waals surface area contributed by atoms with Crippen LogP contribution in [0.5, 0.6) is 0 Å². The summed E-state index contributed by atoms with van der Waals surface area (Å²) in [5.74, 6) is 0. The van der Waals surface area contributed by atoms with Gasteiger partial charge in [0.05, 0.1) is 0 Å². The van der Waals surface area contributed by atoms with Crippen molar-refractivity contribution in [1.29, 1.82) is 0 Å². The summed E-state index contributed by atoms with van der Waals surface area (Å²) in [5, 5.41) is 0. The van der Waals surface area contributed by atoms with Gasteiger partial charge in [-0.25, -0.2) is 0 Å². The van der Waals surface area contributed by atoms with E-state index < -0.39 is 20.3 Å². The van der Waals surface area contributed by atoms with Crippen LogP contribution >= 0.6 is 12.0 Å². The molecule has 0 aromatic heterocycles. The Balaban J connectivity index is 1.84. The monoisotopic (exact) mass is 366 g/mol. The SMILES string of the molecule is [Br][Tl]([CH]1CC1)[CH]1CC1. The van der Waals surface area contributed by atoms with Crippen molar-refractivity contribution in [2.24, 2.45) is 0 Å². The summed E-state index contributed by atoms with van der Waals surface area (Å²) >= 11 is 2.91. The van der Waals surface area contributed by atoms with Gasteiger partial charge in [-0.1, -0.05) is 0 Å². The molecule has 0 atom stereocenters. The Kier molecular flexibility index (Phi) is 1.70. The van der Waals surface area contributed by atoms with Gasteiger partial charge in [-0.15, -0.1) is 0 Å². The summed E-state index contributed by atoms with van der Waals surface area (Å²) in [4.78, 5) is 0. The third kappa shape index (κ3) is 1.28. The Morgan fingerprint density at radius 1 is 1.00 bits per heavy atom. The number of halogens is 1. The van der Waals surface area contributed by atoms with E-state index in [-0.39, 0.29) is 0 Å². The average Bonchev–Trinajstić information content (AvgIpc) is 2.63. The van der Waals surface area contributed by atoms with Gasteiger partial charge >= 0.3 is 64.9 Å². The molecule has 2 rings (SSSR count). The molecule has 2 aliphatic rings. The molecular weight excluding hydrogens is 356 g/mol. The summed E-state index contributed by atoms with van der Waals surface area (Å²) in [6.07, 6.45) is 6.36. The normalized spacial score (nSPS) is 28.1. The summed E-state index contributed by atoms with van der Waals surface area (Å²) in [6.45, 7) is 0. The van der Waals surface area contributed by atoms with Gasteiger partial charge in [0.2, 0.25) is 0 Å². The molecule has 0 aromatic rings. The molecule has 0 heterocycles. The Morgan fingerprint density at radius 3 is 1.62 bits per heavy atom. The number of hydrogen-bond donors (Lipinski definition) is 0. The predicted octanol–water partition coefficient (Wildman–Crippen LogP) is 2.70. The van der Waals surface area contributed by atoms with Gasteiger partial charge in [0.15, 0.2) is 0 Å². The molecule has 2 aliphatic carbocycles. The van der Waals surface area contributed by atoms with Crippen LogP contribution in [-0.2, 0) is 0 Å². The van der Waals surface area contributed by atoms with Crippen LogP contribution in [0.1, 0.15) is 25.7 Å². The first-order valence-corrected chi connectivity index (χ1v) is 18.4. The third-order valence-electron chi connectivity index (χ3n) is 2.14. The molecule has 0 N–H and O–H groups in total.